The van der Waals surface area contributed by atoms with Crippen LogP contribution in [0.3, 0.4) is 0 Å². The number of hydrogen-bond acceptors (Lipinski definition) is 2. The van der Waals surface area contributed by atoms with Crippen molar-refractivity contribution < 1.29 is 0 Å². The summed E-state index contributed by atoms with van der Waals surface area (Å²) in [6.45, 7) is 5.85. The smallest absolute Gasteiger partial charge is 0.0697 e. The number of rotatable bonds is 5. The first kappa shape index (κ1) is 10.5. The Bertz CT molecular complexity index is 187. The van der Waals surface area contributed by atoms with Crippen molar-refractivity contribution in [3.05, 3.63) is 0 Å². The van der Waals surface area contributed by atoms with Crippen molar-refractivity contribution in [2.45, 2.75) is 39.5 Å². The van der Waals surface area contributed by atoms with E-state index in [0.717, 1.165) is 19.0 Å². The van der Waals surface area contributed by atoms with Crippen molar-refractivity contribution >= 4 is 0 Å². The first-order chi connectivity index (χ1) is 6.14. The minimum Gasteiger partial charge on any atom is -0.315 e. The normalized spacial score (nSPS) is 17.9. The van der Waals surface area contributed by atoms with Gasteiger partial charge in [-0.05, 0) is 32.7 Å². The molecule has 0 aromatic heterocycles. The molecule has 2 heteroatoms. The molecule has 0 saturated heterocycles. The molecule has 74 valence electrons. The maximum Gasteiger partial charge on any atom is 0.0697 e. The molecule has 1 fully saturated rings. The lowest BCUT2D eigenvalue weighted by Crippen LogP contribution is -2.30. The second-order valence-corrected chi connectivity index (χ2v) is 4.76. The van der Waals surface area contributed by atoms with Crippen molar-refractivity contribution in [2.75, 3.05) is 13.1 Å². The zero-order valence-corrected chi connectivity index (χ0v) is 8.77. The van der Waals surface area contributed by atoms with Gasteiger partial charge in [-0.1, -0.05) is 19.3 Å². The predicted molar refractivity (Wildman–Crippen MR) is 54.2 cm³/mol. The molecule has 0 amide bonds. The van der Waals surface area contributed by atoms with Crippen LogP contribution in [0.15, 0.2) is 0 Å². The van der Waals surface area contributed by atoms with Crippen LogP contribution >= 0.6 is 0 Å². The topological polar surface area (TPSA) is 35.8 Å². The summed E-state index contributed by atoms with van der Waals surface area (Å²) in [6, 6.07) is 2.29. The van der Waals surface area contributed by atoms with Crippen LogP contribution in [0.5, 0.6) is 0 Å². The second kappa shape index (κ2) is 4.62. The highest BCUT2D eigenvalue weighted by Crippen LogP contribution is 2.28. The Kier molecular flexibility index (Phi) is 3.74. The molecule has 0 heterocycles. The molecule has 1 aliphatic carbocycles. The number of hydrogen-bond donors (Lipinski definition) is 1. The van der Waals surface area contributed by atoms with Crippen molar-refractivity contribution in [2.24, 2.45) is 11.3 Å². The zero-order chi connectivity index (χ0) is 9.73. The van der Waals surface area contributed by atoms with E-state index in [4.69, 9.17) is 5.26 Å². The third-order valence-corrected chi connectivity index (χ3v) is 2.82. The van der Waals surface area contributed by atoms with Crippen LogP contribution < -0.4 is 5.32 Å². The van der Waals surface area contributed by atoms with E-state index in [1.807, 2.05) is 13.8 Å². The van der Waals surface area contributed by atoms with Crippen molar-refractivity contribution in [1.82, 2.24) is 5.32 Å². The predicted octanol–water partition coefficient (Wildman–Crippen LogP) is 2.32. The SMILES string of the molecule is CC(C)(C#N)CNCCC1CCC1. The van der Waals surface area contributed by atoms with E-state index in [1.54, 1.807) is 0 Å². The standard InChI is InChI=1S/C11H20N2/c1-11(2,8-12)9-13-7-6-10-4-3-5-10/h10,13H,3-7,9H2,1-2H3. The Balaban J connectivity index is 1.97. The lowest BCUT2D eigenvalue weighted by molar-refractivity contribution is 0.287. The van der Waals surface area contributed by atoms with Gasteiger partial charge in [-0.25, -0.2) is 0 Å². The summed E-state index contributed by atoms with van der Waals surface area (Å²) in [4.78, 5) is 0. The van der Waals surface area contributed by atoms with Gasteiger partial charge in [-0.3, -0.25) is 0 Å². The fraction of sp³-hybridized carbons (Fsp3) is 0.909. The van der Waals surface area contributed by atoms with Crippen molar-refractivity contribution in [3.63, 3.8) is 0 Å². The highest BCUT2D eigenvalue weighted by Gasteiger charge is 2.18. The molecular weight excluding hydrogens is 160 g/mol. The summed E-state index contributed by atoms with van der Waals surface area (Å²) in [5.74, 6) is 0.970. The Morgan fingerprint density at radius 1 is 1.46 bits per heavy atom. The third kappa shape index (κ3) is 3.78. The monoisotopic (exact) mass is 180 g/mol. The Morgan fingerprint density at radius 3 is 2.62 bits per heavy atom. The third-order valence-electron chi connectivity index (χ3n) is 2.82. The molecule has 13 heavy (non-hydrogen) atoms. The summed E-state index contributed by atoms with van der Waals surface area (Å²) in [6.07, 6.45) is 5.56. The number of nitriles is 1. The van der Waals surface area contributed by atoms with Gasteiger partial charge in [0.25, 0.3) is 0 Å². The van der Waals surface area contributed by atoms with Gasteiger partial charge in [0.2, 0.25) is 0 Å². The van der Waals surface area contributed by atoms with Crippen LogP contribution in [-0.2, 0) is 0 Å². The molecule has 1 aliphatic rings. The molecule has 0 unspecified atom stereocenters. The van der Waals surface area contributed by atoms with E-state index in [-0.39, 0.29) is 5.41 Å². The van der Waals surface area contributed by atoms with Gasteiger partial charge in [0, 0.05) is 6.54 Å². The number of nitrogens with zero attached hydrogens (tertiary/aromatic N) is 1. The maximum atomic E-state index is 8.77. The average Bonchev–Trinajstić information content (AvgIpc) is 2.01. The van der Waals surface area contributed by atoms with Gasteiger partial charge in [0.05, 0.1) is 11.5 Å². The number of nitrogens with one attached hydrogen (secondary N) is 1. The Morgan fingerprint density at radius 2 is 2.15 bits per heavy atom. The van der Waals surface area contributed by atoms with E-state index in [9.17, 15) is 0 Å². The Hall–Kier alpha value is -0.550. The van der Waals surface area contributed by atoms with Gasteiger partial charge in [-0.15, -0.1) is 0 Å². The minimum atomic E-state index is -0.209. The summed E-state index contributed by atoms with van der Waals surface area (Å²) in [5, 5.41) is 12.1. The van der Waals surface area contributed by atoms with Crippen LogP contribution in [0.25, 0.3) is 0 Å². The fourth-order valence-corrected chi connectivity index (χ4v) is 1.53. The molecule has 1 N–H and O–H groups in total. The maximum absolute atomic E-state index is 8.77. The summed E-state index contributed by atoms with van der Waals surface area (Å²) >= 11 is 0. The van der Waals surface area contributed by atoms with Crippen LogP contribution in [0, 0.1) is 22.7 Å². The van der Waals surface area contributed by atoms with Crippen LogP contribution in [0.2, 0.25) is 0 Å². The Labute approximate surface area is 81.3 Å². The molecule has 1 saturated carbocycles. The molecular formula is C11H20N2. The highest BCUT2D eigenvalue weighted by molar-refractivity contribution is 4.93. The summed E-state index contributed by atoms with van der Waals surface area (Å²) in [7, 11) is 0. The zero-order valence-electron chi connectivity index (χ0n) is 8.77. The largest absolute Gasteiger partial charge is 0.315 e. The van der Waals surface area contributed by atoms with E-state index in [0.29, 0.717) is 0 Å². The second-order valence-electron chi connectivity index (χ2n) is 4.76. The molecule has 0 atom stereocenters. The molecule has 0 aromatic rings. The van der Waals surface area contributed by atoms with Gasteiger partial charge in [0.1, 0.15) is 0 Å². The van der Waals surface area contributed by atoms with Crippen LogP contribution in [0.4, 0.5) is 0 Å². The van der Waals surface area contributed by atoms with Gasteiger partial charge in [-0.2, -0.15) is 5.26 Å². The lowest BCUT2D eigenvalue weighted by atomic mass is 9.83. The van der Waals surface area contributed by atoms with E-state index in [2.05, 4.69) is 11.4 Å². The van der Waals surface area contributed by atoms with E-state index >= 15 is 0 Å². The first-order valence-corrected chi connectivity index (χ1v) is 5.26. The van der Waals surface area contributed by atoms with E-state index < -0.39 is 0 Å². The minimum absolute atomic E-state index is 0.209. The average molecular weight is 180 g/mol. The molecule has 2 nitrogen and oxygen atoms in total. The van der Waals surface area contributed by atoms with Crippen molar-refractivity contribution in [3.8, 4) is 6.07 Å². The van der Waals surface area contributed by atoms with E-state index in [1.165, 1.54) is 25.7 Å². The molecule has 1 rings (SSSR count). The van der Waals surface area contributed by atoms with Gasteiger partial charge < -0.3 is 5.32 Å². The van der Waals surface area contributed by atoms with Gasteiger partial charge in [0.15, 0.2) is 0 Å². The molecule has 0 aromatic carbocycles. The molecule has 0 aliphatic heterocycles. The molecule has 0 radical (unpaired) electrons. The first-order valence-electron chi connectivity index (χ1n) is 5.26. The lowest BCUT2D eigenvalue weighted by Gasteiger charge is -2.25. The van der Waals surface area contributed by atoms with Crippen LogP contribution in [0.1, 0.15) is 39.5 Å². The van der Waals surface area contributed by atoms with Gasteiger partial charge >= 0.3 is 0 Å². The summed E-state index contributed by atoms with van der Waals surface area (Å²) in [5.41, 5.74) is -0.209. The van der Waals surface area contributed by atoms with Crippen LogP contribution in [-0.4, -0.2) is 13.1 Å². The fourth-order valence-electron chi connectivity index (χ4n) is 1.53. The highest BCUT2D eigenvalue weighted by atomic mass is 14.9. The quantitative estimate of drug-likeness (QED) is 0.659. The molecule has 0 bridgehead atoms. The molecule has 0 spiro atoms. The summed E-state index contributed by atoms with van der Waals surface area (Å²) < 4.78 is 0. The van der Waals surface area contributed by atoms with Crippen molar-refractivity contribution in [1.29, 1.82) is 5.26 Å².